The van der Waals surface area contributed by atoms with Crippen LogP contribution in [0.3, 0.4) is 0 Å². The van der Waals surface area contributed by atoms with Crippen LogP contribution in [0.5, 0.6) is 0 Å². The first-order valence-electron chi connectivity index (χ1n) is 4.18. The molecule has 0 saturated carbocycles. The molecule has 0 bridgehead atoms. The maximum absolute atomic E-state index is 10.0. The molecule has 98 valence electrons. The monoisotopic (exact) mass is 398 g/mol. The summed E-state index contributed by atoms with van der Waals surface area (Å²) < 4.78 is 13.7. The number of phosphoric acid groups is 1. The summed E-state index contributed by atoms with van der Waals surface area (Å²) in [5.41, 5.74) is 0. The molecule has 0 amide bonds. The average molecular weight is 397 g/mol. The Balaban J connectivity index is 0. The molecule has 0 rings (SSSR count). The second-order valence-corrected chi connectivity index (χ2v) is 4.19. The van der Waals surface area contributed by atoms with E-state index < -0.39 is 45.5 Å². The van der Waals surface area contributed by atoms with Crippen LogP contribution in [0.2, 0.25) is 0 Å². The van der Waals surface area contributed by atoms with Crippen molar-refractivity contribution in [1.29, 1.82) is 0 Å². The minimum atomic E-state index is -5.28. The van der Waals surface area contributed by atoms with Gasteiger partial charge in [0, 0.05) is 0 Å². The first-order valence-corrected chi connectivity index (χ1v) is 5.65. The molecule has 0 aromatic rings. The van der Waals surface area contributed by atoms with Crippen LogP contribution < -0.4 is 9.79 Å². The van der Waals surface area contributed by atoms with Crippen molar-refractivity contribution >= 4 is 56.7 Å². The molecule has 0 fully saturated rings. The molecule has 0 saturated heterocycles. The molecule has 0 unspecified atom stereocenters. The van der Waals surface area contributed by atoms with Crippen molar-refractivity contribution in [1.82, 2.24) is 0 Å². The maximum Gasteiger partial charge on any atom is 2.00 e. The van der Waals surface area contributed by atoms with Crippen molar-refractivity contribution in [2.45, 2.75) is 24.4 Å². The van der Waals surface area contributed by atoms with E-state index in [0.29, 0.717) is 0 Å². The van der Waals surface area contributed by atoms with Gasteiger partial charge >= 0.3 is 48.9 Å². The second kappa shape index (κ2) is 9.40. The van der Waals surface area contributed by atoms with E-state index in [4.69, 9.17) is 25.5 Å². The van der Waals surface area contributed by atoms with Gasteiger partial charge in [0.2, 0.25) is 0 Å². The van der Waals surface area contributed by atoms with E-state index >= 15 is 0 Å². The maximum atomic E-state index is 10.0. The molecule has 17 heavy (non-hydrogen) atoms. The Hall–Kier alpha value is 1.48. The van der Waals surface area contributed by atoms with Crippen molar-refractivity contribution in [2.75, 3.05) is 13.2 Å². The summed E-state index contributed by atoms with van der Waals surface area (Å²) in [6.07, 6.45) is -7.47. The first kappa shape index (κ1) is 20.8. The van der Waals surface area contributed by atoms with Crippen molar-refractivity contribution in [3.8, 4) is 0 Å². The Morgan fingerprint density at radius 2 is 1.47 bits per heavy atom. The summed E-state index contributed by atoms with van der Waals surface area (Å²) in [7, 11) is -5.28. The van der Waals surface area contributed by atoms with E-state index in [1.54, 1.807) is 0 Å². The third-order valence-electron chi connectivity index (χ3n) is 1.73. The van der Waals surface area contributed by atoms with Gasteiger partial charge in [0.25, 0.3) is 0 Å². The van der Waals surface area contributed by atoms with Crippen LogP contribution in [0, 0.1) is 0 Å². The van der Waals surface area contributed by atoms with Gasteiger partial charge in [-0.05, 0) is 0 Å². The molecule has 11 heteroatoms. The zero-order valence-electron chi connectivity index (χ0n) is 8.75. The Labute approximate surface area is 137 Å². The molecule has 0 radical (unpaired) electrons. The molecule has 0 aromatic carbocycles. The van der Waals surface area contributed by atoms with Crippen molar-refractivity contribution in [3.63, 3.8) is 0 Å². The van der Waals surface area contributed by atoms with Crippen LogP contribution in [0.15, 0.2) is 0 Å². The van der Waals surface area contributed by atoms with Crippen molar-refractivity contribution in [3.05, 3.63) is 0 Å². The summed E-state index contributed by atoms with van der Waals surface area (Å²) >= 11 is 0. The fourth-order valence-corrected chi connectivity index (χ4v) is 1.16. The SMILES string of the molecule is O=P([O-])([O-])OC[C@@H](O)[C@@H](O)[C@H](O)[C@H](O)CO.[Ba+2]. The predicted octanol–water partition coefficient (Wildman–Crippen LogP) is -5.11. The Morgan fingerprint density at radius 1 is 1.06 bits per heavy atom. The van der Waals surface area contributed by atoms with Crippen LogP contribution in [0.4, 0.5) is 0 Å². The summed E-state index contributed by atoms with van der Waals surface area (Å²) in [5.74, 6) is 0. The standard InChI is InChI=1S/C6H15O9P.Ba/c7-1-3(8)5(10)6(11)4(9)2-15-16(12,13)14;/h3-11H,1-2H2,(H2,12,13,14);/q;+2/p-2/t3-,4-,5-,6-;/m1./s1. The fourth-order valence-electron chi connectivity index (χ4n) is 0.829. The molecule has 0 aliphatic carbocycles. The third-order valence-corrected chi connectivity index (χ3v) is 2.19. The quantitative estimate of drug-likeness (QED) is 0.208. The smallest absolute Gasteiger partial charge is 0.790 e. The molecule has 9 nitrogen and oxygen atoms in total. The Bertz CT molecular complexity index is 246. The van der Waals surface area contributed by atoms with E-state index in [9.17, 15) is 14.4 Å². The van der Waals surface area contributed by atoms with Gasteiger partial charge in [0.15, 0.2) is 0 Å². The zero-order valence-corrected chi connectivity index (χ0v) is 14.1. The number of aliphatic hydroxyl groups is 5. The summed E-state index contributed by atoms with van der Waals surface area (Å²) in [6.45, 7) is -1.92. The normalized spacial score (nSPS) is 19.0. The van der Waals surface area contributed by atoms with E-state index in [-0.39, 0.29) is 48.9 Å². The number of hydrogen-bond acceptors (Lipinski definition) is 9. The molecule has 0 spiro atoms. The van der Waals surface area contributed by atoms with E-state index in [1.807, 2.05) is 0 Å². The number of aliphatic hydroxyl groups excluding tert-OH is 5. The molecule has 0 aliphatic rings. The van der Waals surface area contributed by atoms with Crippen LogP contribution in [0.25, 0.3) is 0 Å². The van der Waals surface area contributed by atoms with Gasteiger partial charge < -0.3 is 44.4 Å². The molecule has 4 atom stereocenters. The second-order valence-electron chi connectivity index (χ2n) is 3.04. The van der Waals surface area contributed by atoms with Gasteiger partial charge in [0.1, 0.15) is 24.4 Å². The average Bonchev–Trinajstić information content (AvgIpc) is 2.21. The van der Waals surface area contributed by atoms with E-state index in [1.165, 1.54) is 0 Å². The van der Waals surface area contributed by atoms with Crippen LogP contribution in [0.1, 0.15) is 0 Å². The van der Waals surface area contributed by atoms with Gasteiger partial charge in [-0.1, -0.05) is 0 Å². The molecule has 0 aromatic heterocycles. The zero-order chi connectivity index (χ0) is 12.9. The summed E-state index contributed by atoms with van der Waals surface area (Å²) in [5, 5.41) is 44.6. The van der Waals surface area contributed by atoms with E-state index in [0.717, 1.165) is 0 Å². The molecule has 5 N–H and O–H groups in total. The van der Waals surface area contributed by atoms with E-state index in [2.05, 4.69) is 4.52 Å². The Kier molecular flexibility index (Phi) is 11.5. The summed E-state index contributed by atoms with van der Waals surface area (Å²) in [4.78, 5) is 20.0. The van der Waals surface area contributed by atoms with Crippen LogP contribution in [-0.4, -0.2) is 112 Å². The molecule has 0 heterocycles. The first-order chi connectivity index (χ1) is 7.19. The van der Waals surface area contributed by atoms with Crippen molar-refractivity contribution in [2.24, 2.45) is 0 Å². The van der Waals surface area contributed by atoms with Crippen molar-refractivity contribution < 1.29 is 44.4 Å². The summed E-state index contributed by atoms with van der Waals surface area (Å²) in [6, 6.07) is 0. The minimum Gasteiger partial charge on any atom is -0.790 e. The number of hydrogen-bond donors (Lipinski definition) is 5. The predicted molar refractivity (Wildman–Crippen MR) is 50.4 cm³/mol. The van der Waals surface area contributed by atoms with Gasteiger partial charge in [-0.2, -0.15) is 0 Å². The van der Waals surface area contributed by atoms with Gasteiger partial charge in [-0.25, -0.2) is 0 Å². The van der Waals surface area contributed by atoms with Crippen LogP contribution >= 0.6 is 7.82 Å². The number of rotatable bonds is 7. The third kappa shape index (κ3) is 9.08. The van der Waals surface area contributed by atoms with Crippen LogP contribution in [-0.2, 0) is 9.09 Å². The molecule has 0 aliphatic heterocycles. The number of phosphoric ester groups is 1. The largest absolute Gasteiger partial charge is 2.00 e. The minimum absolute atomic E-state index is 0. The molecular weight excluding hydrogens is 384 g/mol. The van der Waals surface area contributed by atoms with Gasteiger partial charge in [-0.15, -0.1) is 0 Å². The van der Waals surface area contributed by atoms with Gasteiger partial charge in [-0.3, -0.25) is 0 Å². The molecular formula is C6H13BaO9P. The van der Waals surface area contributed by atoms with Gasteiger partial charge in [0.05, 0.1) is 21.0 Å². The fraction of sp³-hybridized carbons (Fsp3) is 1.00. The topological polar surface area (TPSA) is 174 Å². The Morgan fingerprint density at radius 3 is 1.82 bits per heavy atom.